The van der Waals surface area contributed by atoms with Gasteiger partial charge in [-0.1, -0.05) is 80.4 Å². The van der Waals surface area contributed by atoms with Crippen molar-refractivity contribution in [2.45, 2.75) is 56.5 Å². The predicted octanol–water partition coefficient (Wildman–Crippen LogP) is 0.363. The van der Waals surface area contributed by atoms with Gasteiger partial charge in [-0.3, -0.25) is 0 Å². The van der Waals surface area contributed by atoms with Crippen LogP contribution in [-0.2, 0) is 9.16 Å². The van der Waals surface area contributed by atoms with Crippen LogP contribution < -0.4 is 10.4 Å². The summed E-state index contributed by atoms with van der Waals surface area (Å²) < 4.78 is 12.3. The second kappa shape index (κ2) is 9.95. The first-order valence-corrected chi connectivity index (χ1v) is 12.2. The number of rotatable bonds is 8. The maximum absolute atomic E-state index is 10.6. The Morgan fingerprint density at radius 2 is 1.41 bits per heavy atom. The minimum Gasteiger partial charge on any atom is -0.394 e. The number of unbranched alkanes of at least 4 members (excludes halogenated alkanes) is 1. The Labute approximate surface area is 172 Å². The molecule has 0 saturated carbocycles. The molecule has 0 aromatic heterocycles. The summed E-state index contributed by atoms with van der Waals surface area (Å²) in [6.45, 7) is 1.63. The van der Waals surface area contributed by atoms with Crippen LogP contribution in [0.25, 0.3) is 0 Å². The fourth-order valence-corrected chi connectivity index (χ4v) is 8.06. The molecule has 0 radical (unpaired) electrons. The molecule has 1 aliphatic rings. The van der Waals surface area contributed by atoms with Crippen LogP contribution in [0.2, 0.25) is 6.04 Å². The van der Waals surface area contributed by atoms with E-state index in [1.165, 1.54) is 0 Å². The fourth-order valence-electron chi connectivity index (χ4n) is 3.85. The van der Waals surface area contributed by atoms with E-state index in [4.69, 9.17) is 9.16 Å². The van der Waals surface area contributed by atoms with Crippen molar-refractivity contribution in [2.24, 2.45) is 0 Å². The summed E-state index contributed by atoms with van der Waals surface area (Å²) in [5.74, 6) is 0. The molecule has 5 atom stereocenters. The molecule has 0 aliphatic carbocycles. The lowest BCUT2D eigenvalue weighted by Crippen LogP contribution is -2.67. The minimum atomic E-state index is -2.85. The second-order valence-electron chi connectivity index (χ2n) is 7.48. The largest absolute Gasteiger partial charge is 0.394 e. The van der Waals surface area contributed by atoms with Crippen LogP contribution in [0.15, 0.2) is 60.7 Å². The molecule has 0 amide bonds. The molecule has 3 rings (SSSR count). The average Bonchev–Trinajstić information content (AvgIpc) is 2.78. The van der Waals surface area contributed by atoms with Gasteiger partial charge in [0.25, 0.3) is 8.32 Å². The van der Waals surface area contributed by atoms with E-state index < -0.39 is 45.6 Å². The van der Waals surface area contributed by atoms with Crippen LogP contribution in [0.3, 0.4) is 0 Å². The first-order valence-electron chi connectivity index (χ1n) is 10.1. The highest BCUT2D eigenvalue weighted by molar-refractivity contribution is 6.97. The Bertz CT molecular complexity index is 702. The summed E-state index contributed by atoms with van der Waals surface area (Å²) >= 11 is 0. The van der Waals surface area contributed by atoms with Crippen LogP contribution in [0.5, 0.6) is 0 Å². The number of hydrogen-bond donors (Lipinski definition) is 4. The van der Waals surface area contributed by atoms with Gasteiger partial charge in [-0.15, -0.1) is 0 Å². The highest BCUT2D eigenvalue weighted by Crippen LogP contribution is 2.27. The molecular formula is C22H30O6Si. The topological polar surface area (TPSA) is 99.4 Å². The van der Waals surface area contributed by atoms with Gasteiger partial charge in [0.05, 0.1) is 6.61 Å². The van der Waals surface area contributed by atoms with Gasteiger partial charge in [0, 0.05) is 0 Å². The highest BCUT2D eigenvalue weighted by Gasteiger charge is 2.49. The molecule has 1 fully saturated rings. The zero-order valence-corrected chi connectivity index (χ0v) is 17.6. The summed E-state index contributed by atoms with van der Waals surface area (Å²) in [6, 6.07) is 20.6. The Hall–Kier alpha value is -1.58. The maximum Gasteiger partial charge on any atom is 0.259 e. The molecule has 2 aromatic rings. The summed E-state index contributed by atoms with van der Waals surface area (Å²) in [5.41, 5.74) is 0. The van der Waals surface area contributed by atoms with Crippen molar-refractivity contribution < 1.29 is 29.6 Å². The molecule has 4 N–H and O–H groups in total. The lowest BCUT2D eigenvalue weighted by Gasteiger charge is -2.44. The van der Waals surface area contributed by atoms with Gasteiger partial charge < -0.3 is 29.6 Å². The maximum atomic E-state index is 10.6. The normalized spacial score (nSPS) is 27.7. The van der Waals surface area contributed by atoms with E-state index in [0.29, 0.717) is 0 Å². The predicted molar refractivity (Wildman–Crippen MR) is 112 cm³/mol. The molecular weight excluding hydrogens is 388 g/mol. The molecule has 1 heterocycles. The Kier molecular flexibility index (Phi) is 7.59. The third kappa shape index (κ3) is 4.62. The van der Waals surface area contributed by atoms with Gasteiger partial charge in [-0.05, 0) is 16.4 Å². The van der Waals surface area contributed by atoms with Crippen LogP contribution in [0.4, 0.5) is 0 Å². The van der Waals surface area contributed by atoms with E-state index in [1.807, 2.05) is 60.7 Å². The SMILES string of the molecule is CCCC[Si](OC1O[C@H](CO)[C@@H](O)[C@H](O)[C@H]1O)(c1ccccc1)c1ccccc1. The zero-order valence-electron chi connectivity index (χ0n) is 16.6. The van der Waals surface area contributed by atoms with Crippen molar-refractivity contribution in [1.29, 1.82) is 0 Å². The monoisotopic (exact) mass is 418 g/mol. The molecule has 0 spiro atoms. The second-order valence-corrected chi connectivity index (χ2v) is 11.0. The molecule has 0 bridgehead atoms. The van der Waals surface area contributed by atoms with Crippen molar-refractivity contribution in [3.63, 3.8) is 0 Å². The minimum absolute atomic E-state index is 0.481. The van der Waals surface area contributed by atoms with Crippen molar-refractivity contribution in [3.8, 4) is 0 Å². The number of aliphatic hydroxyl groups excluding tert-OH is 4. The van der Waals surface area contributed by atoms with Gasteiger partial charge in [0.2, 0.25) is 0 Å². The Balaban J connectivity index is 2.05. The van der Waals surface area contributed by atoms with E-state index in [9.17, 15) is 20.4 Å². The summed E-state index contributed by atoms with van der Waals surface area (Å²) in [6.07, 6.45) is -4.55. The smallest absolute Gasteiger partial charge is 0.259 e. The van der Waals surface area contributed by atoms with E-state index in [0.717, 1.165) is 29.3 Å². The lowest BCUT2D eigenvalue weighted by atomic mass is 10.00. The number of aliphatic hydroxyl groups is 4. The van der Waals surface area contributed by atoms with E-state index >= 15 is 0 Å². The summed E-state index contributed by atoms with van der Waals surface area (Å²) in [5, 5.41) is 42.5. The third-order valence-electron chi connectivity index (χ3n) is 5.53. The molecule has 158 valence electrons. The molecule has 2 aromatic carbocycles. The van der Waals surface area contributed by atoms with Crippen LogP contribution >= 0.6 is 0 Å². The average molecular weight is 419 g/mol. The molecule has 7 heteroatoms. The fraction of sp³-hybridized carbons (Fsp3) is 0.455. The van der Waals surface area contributed by atoms with Crippen LogP contribution in [0.1, 0.15) is 19.8 Å². The van der Waals surface area contributed by atoms with Crippen molar-refractivity contribution in [1.82, 2.24) is 0 Å². The quantitative estimate of drug-likeness (QED) is 0.462. The highest BCUT2D eigenvalue weighted by atomic mass is 28.4. The van der Waals surface area contributed by atoms with Crippen molar-refractivity contribution in [3.05, 3.63) is 60.7 Å². The van der Waals surface area contributed by atoms with Crippen LogP contribution in [-0.4, -0.2) is 66.1 Å². The first kappa shape index (κ1) is 22.1. The molecule has 1 aliphatic heterocycles. The van der Waals surface area contributed by atoms with Crippen LogP contribution in [0, 0.1) is 0 Å². The lowest BCUT2D eigenvalue weighted by molar-refractivity contribution is -0.279. The molecule has 1 unspecified atom stereocenters. The zero-order chi connectivity index (χ0) is 20.9. The Morgan fingerprint density at radius 1 is 0.862 bits per heavy atom. The van der Waals surface area contributed by atoms with Gasteiger partial charge in [-0.25, -0.2) is 0 Å². The molecule has 29 heavy (non-hydrogen) atoms. The third-order valence-corrected chi connectivity index (χ3v) is 9.75. The number of ether oxygens (including phenoxy) is 1. The summed E-state index contributed by atoms with van der Waals surface area (Å²) in [4.78, 5) is 0. The number of benzene rings is 2. The van der Waals surface area contributed by atoms with E-state index in [2.05, 4.69) is 6.92 Å². The molecule has 6 nitrogen and oxygen atoms in total. The van der Waals surface area contributed by atoms with Gasteiger partial charge in [0.15, 0.2) is 6.29 Å². The summed E-state index contributed by atoms with van der Waals surface area (Å²) in [7, 11) is -2.85. The first-order chi connectivity index (χ1) is 14.0. The van der Waals surface area contributed by atoms with Gasteiger partial charge >= 0.3 is 0 Å². The van der Waals surface area contributed by atoms with Crippen molar-refractivity contribution >= 4 is 18.7 Å². The Morgan fingerprint density at radius 3 is 1.90 bits per heavy atom. The van der Waals surface area contributed by atoms with E-state index in [-0.39, 0.29) is 0 Å². The van der Waals surface area contributed by atoms with E-state index in [1.54, 1.807) is 0 Å². The molecule has 1 saturated heterocycles. The standard InChI is InChI=1S/C22H30O6Si/c1-2-3-14-29(16-10-6-4-7-11-16,17-12-8-5-9-13-17)28-22-21(26)20(25)19(24)18(15-23)27-22/h4-13,18-26H,2-3,14-15H2,1H3/t18-,19-,20+,21-,22?/m1/s1. The number of hydrogen-bond acceptors (Lipinski definition) is 6. The van der Waals surface area contributed by atoms with Gasteiger partial charge in [-0.2, -0.15) is 0 Å². The van der Waals surface area contributed by atoms with Crippen molar-refractivity contribution in [2.75, 3.05) is 6.61 Å². The van der Waals surface area contributed by atoms with Gasteiger partial charge in [0.1, 0.15) is 24.4 Å².